The average Bonchev–Trinajstić information content (AvgIpc) is 1.34. The number of rotatable bonds is 11. The van der Waals surface area contributed by atoms with Crippen molar-refractivity contribution in [1.82, 2.24) is 0 Å². The number of benzene rings is 5. The van der Waals surface area contributed by atoms with Crippen molar-refractivity contribution < 1.29 is 42.1 Å². The van der Waals surface area contributed by atoms with E-state index >= 15 is 0 Å². The summed E-state index contributed by atoms with van der Waals surface area (Å²) in [4.78, 5) is 0.313. The normalized spacial score (nSPS) is 12.0. The molecule has 0 aliphatic carbocycles. The number of hydrogen-bond acceptors (Lipinski definition) is 20. The Labute approximate surface area is 505 Å². The van der Waals surface area contributed by atoms with Crippen molar-refractivity contribution in [3.8, 4) is 0 Å². The summed E-state index contributed by atoms with van der Waals surface area (Å²) in [5, 5.41) is 26.1. The van der Waals surface area contributed by atoms with E-state index in [1.165, 1.54) is 0 Å². The van der Waals surface area contributed by atoms with Gasteiger partial charge in [-0.1, -0.05) is 69.2 Å². The third kappa shape index (κ3) is 16.6. The Hall–Kier alpha value is -6.35. The minimum absolute atomic E-state index is 0.0306. The van der Waals surface area contributed by atoms with Gasteiger partial charge in [-0.15, -0.1) is 0 Å². The van der Waals surface area contributed by atoms with Gasteiger partial charge in [-0.3, -0.25) is 0 Å². The fourth-order valence-corrected chi connectivity index (χ4v) is 16.1. The zero-order chi connectivity index (χ0) is 67.4. The van der Waals surface area contributed by atoms with E-state index in [4.69, 9.17) is 83.0 Å². The van der Waals surface area contributed by atoms with E-state index in [1.54, 1.807) is 55.4 Å². The van der Waals surface area contributed by atoms with Gasteiger partial charge in [-0.2, -0.15) is 0 Å². The van der Waals surface area contributed by atoms with E-state index < -0.39 is 50.1 Å². The molecule has 0 fully saturated rings. The summed E-state index contributed by atoms with van der Waals surface area (Å²) in [5.74, 6) is 0.127. The quantitative estimate of drug-likeness (QED) is 0.0756. The lowest BCUT2D eigenvalue weighted by Gasteiger charge is -2.27. The standard InChI is InChI=1S/2C12H21N3O2S.2C11H19N3O2S.C9H15N3O2S/c1-6-9(13)8(12(3,4)5)10(14)7(2)11(6)18(15,16)17;1-4-7-10(13)8(5-2)12(18(15,16)17)9(6-3)11(7)14;1-5(2)8-9(12)6(3)11(17(14,15)16)7(4)10(8)13;1-4-7-9(12)6(3)10(13)8(5-2)11(7)17(14,15)16;1-4-7(10)5(2)9(15(12,13)14)6(3)8(4)11/h13-14H2,1-5H3,(H2,15,16,17);4-6,13-14H2,1-3H3,(H2,15,16,17);5H,12-13H2,1-4H3,(H2,14,15,16);4-5,12-13H2,1-3H3,(H2,14,15,16);10-11H2,1-3H3,(H2,12,13,14). The smallest absolute Gasteiger partial charge is 0.238 e. The van der Waals surface area contributed by atoms with E-state index in [1.807, 2.05) is 69.2 Å². The van der Waals surface area contributed by atoms with Gasteiger partial charge in [0.15, 0.2) is 0 Å². The van der Waals surface area contributed by atoms with Crippen LogP contribution in [-0.4, -0.2) is 42.1 Å². The molecule has 0 atom stereocenters. The summed E-state index contributed by atoms with van der Waals surface area (Å²) >= 11 is 0. The van der Waals surface area contributed by atoms with Gasteiger partial charge in [0.2, 0.25) is 50.1 Å². The van der Waals surface area contributed by atoms with Crippen molar-refractivity contribution in [2.24, 2.45) is 25.7 Å². The zero-order valence-corrected chi connectivity index (χ0v) is 56.5. The Balaban J connectivity index is 0.000000532. The predicted molar refractivity (Wildman–Crippen MR) is 351 cm³/mol. The first-order chi connectivity index (χ1) is 38.2. The van der Waals surface area contributed by atoms with Gasteiger partial charge in [-0.25, -0.2) is 67.8 Å². The highest BCUT2D eigenvalue weighted by Crippen LogP contribution is 2.42. The van der Waals surface area contributed by atoms with Crippen LogP contribution in [0.5, 0.6) is 0 Å². The highest BCUT2D eigenvalue weighted by molar-refractivity contribution is 7.90. The summed E-state index contributed by atoms with van der Waals surface area (Å²) in [7, 11) is -19.1. The SMILES string of the molecule is CCc1c(N)c(C)c(N)c(CC)c1S(N)(=O)=O.CCc1c(N)c(CC)c(S(N)(=O)=O)c(CC)c1N.Cc1c(N)c(C(C)(C)C)c(N)c(C)c1S(N)(=O)=O.Cc1c(N)c(C(C)C)c(N)c(C)c1S(N)(=O)=O.Cc1c(N)c(C)c(S(N)(=O)=O)c(C)c1N. The van der Waals surface area contributed by atoms with Crippen LogP contribution in [-0.2, 0) is 87.6 Å². The lowest BCUT2D eigenvalue weighted by molar-refractivity contribution is 0.588. The number of nitrogen functional groups attached to an aromatic ring is 10. The predicted octanol–water partition coefficient (Wildman–Crippen LogP) is 5.19. The average molecular weight is 1290 g/mol. The number of sulfonamides is 5. The Morgan fingerprint density at radius 3 is 0.694 bits per heavy atom. The number of primary sulfonamides is 5. The first kappa shape index (κ1) is 76.7. The second kappa shape index (κ2) is 28.0. The Morgan fingerprint density at radius 1 is 0.294 bits per heavy atom. The van der Waals surface area contributed by atoms with E-state index in [0.717, 1.165) is 22.3 Å². The van der Waals surface area contributed by atoms with Crippen LogP contribution in [0.4, 0.5) is 56.9 Å². The fraction of sp³-hybridized carbons (Fsp3) is 0.455. The maximum absolute atomic E-state index is 11.8. The Kier molecular flexibility index (Phi) is 25.3. The first-order valence-electron chi connectivity index (χ1n) is 26.7. The van der Waals surface area contributed by atoms with Crippen molar-refractivity contribution in [3.63, 3.8) is 0 Å². The fourth-order valence-electron chi connectivity index (χ4n) is 10.5. The van der Waals surface area contributed by atoms with Gasteiger partial charge >= 0.3 is 0 Å². The maximum Gasteiger partial charge on any atom is 0.238 e. The molecule has 0 aromatic heterocycles. The van der Waals surface area contributed by atoms with Gasteiger partial charge in [-0.05, 0) is 171 Å². The van der Waals surface area contributed by atoms with Crippen LogP contribution in [0.3, 0.4) is 0 Å². The number of anilines is 10. The molecule has 85 heavy (non-hydrogen) atoms. The van der Waals surface area contributed by atoms with Gasteiger partial charge in [0, 0.05) is 68.0 Å². The van der Waals surface area contributed by atoms with E-state index in [2.05, 4.69) is 0 Å². The molecule has 0 spiro atoms. The van der Waals surface area contributed by atoms with Crippen molar-refractivity contribution in [1.29, 1.82) is 0 Å². The number of hydrogen-bond donors (Lipinski definition) is 15. The maximum atomic E-state index is 11.8. The highest BCUT2D eigenvalue weighted by Gasteiger charge is 2.30. The summed E-state index contributed by atoms with van der Waals surface area (Å²) < 4.78 is 116. The van der Waals surface area contributed by atoms with Crippen molar-refractivity contribution in [2.45, 2.75) is 193 Å². The molecular formula is C55H95N15O10S5. The highest BCUT2D eigenvalue weighted by atomic mass is 32.2. The second-order valence-corrected chi connectivity index (χ2v) is 29.4. The molecule has 480 valence electrons. The van der Waals surface area contributed by atoms with Crippen molar-refractivity contribution in [2.75, 3.05) is 57.3 Å². The summed E-state index contributed by atoms with van der Waals surface area (Å²) in [6.07, 6.45) is 2.70. The topological polar surface area (TPSA) is 561 Å². The molecule has 0 saturated carbocycles. The van der Waals surface area contributed by atoms with Crippen LogP contribution < -0.4 is 83.0 Å². The molecule has 0 heterocycles. The monoisotopic (exact) mass is 1290 g/mol. The molecule has 30 N–H and O–H groups in total. The van der Waals surface area contributed by atoms with E-state index in [0.29, 0.717) is 150 Å². The molecule has 0 bridgehead atoms. The van der Waals surface area contributed by atoms with Crippen LogP contribution in [0.1, 0.15) is 159 Å². The lowest BCUT2D eigenvalue weighted by Crippen LogP contribution is -2.23. The zero-order valence-electron chi connectivity index (χ0n) is 52.4. The molecule has 5 aromatic carbocycles. The van der Waals surface area contributed by atoms with Crippen molar-refractivity contribution >= 4 is 107 Å². The Morgan fingerprint density at radius 2 is 0.494 bits per heavy atom. The molecule has 0 aliphatic rings. The van der Waals surface area contributed by atoms with Crippen LogP contribution in [0.25, 0.3) is 0 Å². The second-order valence-electron chi connectivity index (χ2n) is 21.9. The van der Waals surface area contributed by atoms with Crippen LogP contribution in [0.15, 0.2) is 24.5 Å². The minimum atomic E-state index is -3.83. The van der Waals surface area contributed by atoms with Gasteiger partial charge in [0.1, 0.15) is 0 Å². The summed E-state index contributed by atoms with van der Waals surface area (Å²) in [5.41, 5.74) is 72.1. The first-order valence-corrected chi connectivity index (χ1v) is 34.5. The number of nitrogens with two attached hydrogens (primary N) is 15. The molecule has 5 rings (SSSR count). The minimum Gasteiger partial charge on any atom is -0.398 e. The molecular weight excluding hydrogens is 1190 g/mol. The molecule has 0 amide bonds. The van der Waals surface area contributed by atoms with Crippen molar-refractivity contribution in [3.05, 3.63) is 83.5 Å². The lowest BCUT2D eigenvalue weighted by atomic mass is 9.82. The molecule has 0 aliphatic heterocycles. The van der Waals surface area contributed by atoms with Gasteiger partial charge in [0.05, 0.1) is 24.5 Å². The molecule has 25 nitrogen and oxygen atoms in total. The van der Waals surface area contributed by atoms with Gasteiger partial charge < -0.3 is 57.3 Å². The Bertz CT molecular complexity index is 3850. The molecule has 5 aromatic rings. The van der Waals surface area contributed by atoms with Gasteiger partial charge in [0.25, 0.3) is 0 Å². The summed E-state index contributed by atoms with van der Waals surface area (Å²) in [6.45, 7) is 32.5. The van der Waals surface area contributed by atoms with Crippen LogP contribution in [0, 0.1) is 55.4 Å². The molecule has 0 saturated heterocycles. The van der Waals surface area contributed by atoms with Crippen LogP contribution in [0.2, 0.25) is 0 Å². The largest absolute Gasteiger partial charge is 0.398 e. The third-order valence-corrected chi connectivity index (χ3v) is 20.4. The third-order valence-electron chi connectivity index (χ3n) is 14.8. The summed E-state index contributed by atoms with van der Waals surface area (Å²) in [6, 6.07) is 0. The molecule has 0 radical (unpaired) electrons. The van der Waals surface area contributed by atoms with Crippen LogP contribution >= 0.6 is 0 Å². The van der Waals surface area contributed by atoms with E-state index in [-0.39, 0.29) is 35.8 Å². The molecule has 0 unspecified atom stereocenters. The molecule has 30 heteroatoms. The van der Waals surface area contributed by atoms with E-state index in [9.17, 15) is 42.1 Å².